The van der Waals surface area contributed by atoms with Crippen molar-refractivity contribution in [2.45, 2.75) is 26.0 Å². The second-order valence-electron chi connectivity index (χ2n) is 3.15. The molecule has 4 nitrogen and oxygen atoms in total. The number of hydrogen-bond donors (Lipinski definition) is 1. The molecule has 0 unspecified atom stereocenters. The minimum atomic E-state index is -0.197. The maximum absolute atomic E-state index is 11.0. The predicted molar refractivity (Wildman–Crippen MR) is 43.8 cm³/mol. The molecular weight excluding hydrogens is 158 g/mol. The summed E-state index contributed by atoms with van der Waals surface area (Å²) in [7, 11) is 0. The van der Waals surface area contributed by atoms with Gasteiger partial charge in [-0.25, -0.2) is 0 Å². The zero-order valence-corrected chi connectivity index (χ0v) is 7.50. The van der Waals surface area contributed by atoms with E-state index in [9.17, 15) is 4.79 Å². The predicted octanol–water partition coefficient (Wildman–Crippen LogP) is -0.0736. The minimum Gasteiger partial charge on any atom is -0.462 e. The van der Waals surface area contributed by atoms with Crippen LogP contribution in [0.25, 0.3) is 0 Å². The summed E-state index contributed by atoms with van der Waals surface area (Å²) < 4.78 is 9.86. The quantitative estimate of drug-likeness (QED) is 0.604. The van der Waals surface area contributed by atoms with Crippen LogP contribution < -0.4 is 5.32 Å². The second-order valence-corrected chi connectivity index (χ2v) is 3.15. The van der Waals surface area contributed by atoms with Gasteiger partial charge in [-0.15, -0.1) is 0 Å². The van der Waals surface area contributed by atoms with Crippen molar-refractivity contribution in [3.63, 3.8) is 0 Å². The highest BCUT2D eigenvalue weighted by Gasteiger charge is 2.18. The Morgan fingerprint density at radius 1 is 1.67 bits per heavy atom. The Kier molecular flexibility index (Phi) is 3.49. The molecule has 0 radical (unpaired) electrons. The molecule has 1 aliphatic heterocycles. The first-order valence-corrected chi connectivity index (χ1v) is 4.19. The summed E-state index contributed by atoms with van der Waals surface area (Å²) in [4.78, 5) is 11.0. The first-order chi connectivity index (χ1) is 5.68. The molecule has 4 heteroatoms. The van der Waals surface area contributed by atoms with Crippen molar-refractivity contribution in [2.75, 3.05) is 19.8 Å². The van der Waals surface area contributed by atoms with Crippen molar-refractivity contribution in [2.24, 2.45) is 0 Å². The zero-order valence-electron chi connectivity index (χ0n) is 7.50. The van der Waals surface area contributed by atoms with Crippen LogP contribution in [0, 0.1) is 0 Å². The lowest BCUT2D eigenvalue weighted by molar-refractivity contribution is -0.147. The second kappa shape index (κ2) is 4.42. The molecule has 70 valence electrons. The van der Waals surface area contributed by atoms with E-state index < -0.39 is 0 Å². The van der Waals surface area contributed by atoms with Gasteiger partial charge in [0, 0.05) is 0 Å². The van der Waals surface area contributed by atoms with E-state index in [1.165, 1.54) is 0 Å². The van der Waals surface area contributed by atoms with Crippen LogP contribution in [0.3, 0.4) is 0 Å². The van der Waals surface area contributed by atoms with Crippen molar-refractivity contribution in [1.29, 1.82) is 0 Å². The van der Waals surface area contributed by atoms with Crippen LogP contribution in [0.4, 0.5) is 0 Å². The molecule has 1 saturated heterocycles. The fourth-order valence-electron chi connectivity index (χ4n) is 0.886. The molecule has 0 aliphatic carbocycles. The van der Waals surface area contributed by atoms with Gasteiger partial charge < -0.3 is 9.47 Å². The Bertz CT molecular complexity index is 154. The van der Waals surface area contributed by atoms with Crippen LogP contribution in [0.5, 0.6) is 0 Å². The van der Waals surface area contributed by atoms with Gasteiger partial charge in [-0.1, -0.05) is 0 Å². The molecule has 1 heterocycles. The normalized spacial score (nSPS) is 17.6. The summed E-state index contributed by atoms with van der Waals surface area (Å²) in [5.41, 5.74) is 0. The van der Waals surface area contributed by atoms with Gasteiger partial charge in [0.15, 0.2) is 0 Å². The molecule has 0 aromatic rings. The molecular formula is C8H15NO3. The van der Waals surface area contributed by atoms with E-state index in [4.69, 9.17) is 9.47 Å². The lowest BCUT2D eigenvalue weighted by Gasteiger charge is -2.26. The van der Waals surface area contributed by atoms with E-state index in [1.807, 2.05) is 13.8 Å². The number of esters is 1. The summed E-state index contributed by atoms with van der Waals surface area (Å²) in [5.74, 6) is -0.197. The molecule has 0 saturated carbocycles. The minimum absolute atomic E-state index is 0.0306. The van der Waals surface area contributed by atoms with E-state index in [-0.39, 0.29) is 18.6 Å². The molecule has 0 aromatic heterocycles. The third kappa shape index (κ3) is 3.19. The largest absolute Gasteiger partial charge is 0.462 e. The van der Waals surface area contributed by atoms with E-state index >= 15 is 0 Å². The molecule has 0 atom stereocenters. The van der Waals surface area contributed by atoms with Crippen molar-refractivity contribution in [3.05, 3.63) is 0 Å². The Balaban J connectivity index is 2.01. The number of nitrogens with one attached hydrogen (secondary N) is 1. The number of carbonyl (C=O) groups is 1. The molecule has 0 spiro atoms. The van der Waals surface area contributed by atoms with Crippen molar-refractivity contribution in [1.82, 2.24) is 5.32 Å². The van der Waals surface area contributed by atoms with Gasteiger partial charge >= 0.3 is 5.97 Å². The van der Waals surface area contributed by atoms with Gasteiger partial charge in [-0.05, 0) is 13.8 Å². The fraction of sp³-hybridized carbons (Fsp3) is 0.875. The van der Waals surface area contributed by atoms with Gasteiger partial charge in [0.05, 0.1) is 31.9 Å². The zero-order chi connectivity index (χ0) is 8.97. The van der Waals surface area contributed by atoms with Crippen LogP contribution in [-0.4, -0.2) is 37.9 Å². The van der Waals surface area contributed by atoms with E-state index in [0.717, 1.165) is 0 Å². The molecule has 12 heavy (non-hydrogen) atoms. The summed E-state index contributed by atoms with van der Waals surface area (Å²) in [5, 5.41) is 3.02. The molecule has 1 fully saturated rings. The Labute approximate surface area is 72.2 Å². The standard InChI is InChI=1S/C8H15NO3/c1-6(2)12-8(10)3-9-7-4-11-5-7/h6-7,9H,3-5H2,1-2H3. The Hall–Kier alpha value is -0.610. The van der Waals surface area contributed by atoms with Gasteiger partial charge in [0.1, 0.15) is 0 Å². The number of hydrogen-bond acceptors (Lipinski definition) is 4. The van der Waals surface area contributed by atoms with Gasteiger partial charge in [0.25, 0.3) is 0 Å². The van der Waals surface area contributed by atoms with Crippen molar-refractivity contribution < 1.29 is 14.3 Å². The SMILES string of the molecule is CC(C)OC(=O)CNC1COC1. The lowest BCUT2D eigenvalue weighted by Crippen LogP contribution is -2.48. The smallest absolute Gasteiger partial charge is 0.320 e. The molecule has 1 rings (SSSR count). The van der Waals surface area contributed by atoms with E-state index in [1.54, 1.807) is 0 Å². The average molecular weight is 173 g/mol. The molecule has 1 N–H and O–H groups in total. The molecule has 1 aliphatic rings. The third-order valence-electron chi connectivity index (χ3n) is 1.54. The monoisotopic (exact) mass is 173 g/mol. The maximum Gasteiger partial charge on any atom is 0.320 e. The van der Waals surface area contributed by atoms with Gasteiger partial charge in [-0.2, -0.15) is 0 Å². The highest BCUT2D eigenvalue weighted by Crippen LogP contribution is 1.98. The number of rotatable bonds is 4. The topological polar surface area (TPSA) is 47.6 Å². The first-order valence-electron chi connectivity index (χ1n) is 4.19. The van der Waals surface area contributed by atoms with E-state index in [0.29, 0.717) is 19.3 Å². The molecule has 0 bridgehead atoms. The van der Waals surface area contributed by atoms with Crippen molar-refractivity contribution >= 4 is 5.97 Å². The van der Waals surface area contributed by atoms with Crippen LogP contribution >= 0.6 is 0 Å². The number of carbonyl (C=O) groups excluding carboxylic acids is 1. The number of ether oxygens (including phenoxy) is 2. The van der Waals surface area contributed by atoms with Crippen molar-refractivity contribution in [3.8, 4) is 0 Å². The fourth-order valence-corrected chi connectivity index (χ4v) is 0.886. The summed E-state index contributed by atoms with van der Waals surface area (Å²) in [6.07, 6.45) is -0.0306. The van der Waals surface area contributed by atoms with Crippen LogP contribution in [-0.2, 0) is 14.3 Å². The van der Waals surface area contributed by atoms with Crippen LogP contribution in [0.15, 0.2) is 0 Å². The van der Waals surface area contributed by atoms with E-state index in [2.05, 4.69) is 5.32 Å². The first kappa shape index (κ1) is 9.48. The van der Waals surface area contributed by atoms with Gasteiger partial charge in [0.2, 0.25) is 0 Å². The average Bonchev–Trinajstić information content (AvgIpc) is 1.81. The maximum atomic E-state index is 11.0. The van der Waals surface area contributed by atoms with Crippen LogP contribution in [0.2, 0.25) is 0 Å². The molecule has 0 amide bonds. The molecule has 0 aromatic carbocycles. The summed E-state index contributed by atoms with van der Waals surface area (Å²) in [6, 6.07) is 0.338. The highest BCUT2D eigenvalue weighted by molar-refractivity contribution is 5.71. The highest BCUT2D eigenvalue weighted by atomic mass is 16.5. The summed E-state index contributed by atoms with van der Waals surface area (Å²) in [6.45, 7) is 5.37. The summed E-state index contributed by atoms with van der Waals surface area (Å²) >= 11 is 0. The Morgan fingerprint density at radius 3 is 2.75 bits per heavy atom. The van der Waals surface area contributed by atoms with Gasteiger partial charge in [-0.3, -0.25) is 10.1 Å². The lowest BCUT2D eigenvalue weighted by atomic mass is 10.2. The third-order valence-corrected chi connectivity index (χ3v) is 1.54. The van der Waals surface area contributed by atoms with Crippen LogP contribution in [0.1, 0.15) is 13.8 Å². The Morgan fingerprint density at radius 2 is 2.33 bits per heavy atom.